The summed E-state index contributed by atoms with van der Waals surface area (Å²) in [6.07, 6.45) is 3.62. The van der Waals surface area contributed by atoms with Crippen molar-refractivity contribution in [2.24, 2.45) is 5.73 Å². The summed E-state index contributed by atoms with van der Waals surface area (Å²) in [7, 11) is 1.57. The number of benzene rings is 1. The zero-order chi connectivity index (χ0) is 13.0. The normalized spacial score (nSPS) is 20.9. The molecule has 1 fully saturated rings. The maximum atomic E-state index is 10.1. The Morgan fingerprint density at radius 2 is 2.28 bits per heavy atom. The average Bonchev–Trinajstić information content (AvgIpc) is 2.42. The number of phenols is 1. The summed E-state index contributed by atoms with van der Waals surface area (Å²) in [5.41, 5.74) is 6.72. The zero-order valence-corrected chi connectivity index (χ0v) is 10.9. The van der Waals surface area contributed by atoms with Crippen LogP contribution in [0.25, 0.3) is 0 Å². The third-order valence-electron chi connectivity index (χ3n) is 3.70. The van der Waals surface area contributed by atoms with Gasteiger partial charge in [-0.3, -0.25) is 4.90 Å². The van der Waals surface area contributed by atoms with E-state index in [1.165, 1.54) is 12.8 Å². The van der Waals surface area contributed by atoms with Crippen LogP contribution in [-0.4, -0.2) is 36.2 Å². The number of para-hydroxylation sites is 1. The largest absolute Gasteiger partial charge is 0.504 e. The van der Waals surface area contributed by atoms with E-state index in [9.17, 15) is 5.11 Å². The second-order valence-corrected chi connectivity index (χ2v) is 4.82. The maximum Gasteiger partial charge on any atom is 0.162 e. The van der Waals surface area contributed by atoms with Gasteiger partial charge in [0.25, 0.3) is 0 Å². The molecule has 1 aliphatic heterocycles. The zero-order valence-electron chi connectivity index (χ0n) is 10.9. The summed E-state index contributed by atoms with van der Waals surface area (Å²) in [4.78, 5) is 2.36. The number of hydrogen-bond donors (Lipinski definition) is 2. The first-order valence-corrected chi connectivity index (χ1v) is 6.55. The van der Waals surface area contributed by atoms with Crippen LogP contribution in [0.4, 0.5) is 0 Å². The highest BCUT2D eigenvalue weighted by Gasteiger charge is 2.22. The first-order valence-electron chi connectivity index (χ1n) is 6.55. The van der Waals surface area contributed by atoms with Crippen molar-refractivity contribution in [1.82, 2.24) is 4.90 Å². The number of ether oxygens (including phenoxy) is 1. The number of methoxy groups -OCH3 is 1. The summed E-state index contributed by atoms with van der Waals surface area (Å²) >= 11 is 0. The molecule has 1 aromatic carbocycles. The molecule has 0 radical (unpaired) electrons. The third kappa shape index (κ3) is 2.76. The number of piperidine rings is 1. The van der Waals surface area contributed by atoms with Gasteiger partial charge in [-0.05, 0) is 25.5 Å². The molecule has 0 bridgehead atoms. The van der Waals surface area contributed by atoms with E-state index in [1.54, 1.807) is 13.2 Å². The Hall–Kier alpha value is -1.26. The van der Waals surface area contributed by atoms with Crippen LogP contribution in [0.3, 0.4) is 0 Å². The van der Waals surface area contributed by atoms with Crippen molar-refractivity contribution in [2.75, 3.05) is 20.2 Å². The molecule has 1 aliphatic rings. The van der Waals surface area contributed by atoms with Crippen molar-refractivity contribution >= 4 is 0 Å². The van der Waals surface area contributed by atoms with E-state index in [1.807, 2.05) is 12.1 Å². The molecule has 1 heterocycles. The molecule has 18 heavy (non-hydrogen) atoms. The minimum absolute atomic E-state index is 0.251. The molecule has 1 atom stereocenters. The van der Waals surface area contributed by atoms with Crippen molar-refractivity contribution in [3.63, 3.8) is 0 Å². The van der Waals surface area contributed by atoms with Crippen molar-refractivity contribution in [1.29, 1.82) is 0 Å². The number of likely N-dealkylation sites (tertiary alicyclic amines) is 1. The van der Waals surface area contributed by atoms with E-state index < -0.39 is 0 Å². The van der Waals surface area contributed by atoms with E-state index in [0.29, 0.717) is 18.3 Å². The van der Waals surface area contributed by atoms with Gasteiger partial charge < -0.3 is 15.6 Å². The maximum absolute atomic E-state index is 10.1. The number of rotatable bonds is 4. The van der Waals surface area contributed by atoms with E-state index in [0.717, 1.165) is 25.1 Å². The van der Waals surface area contributed by atoms with Crippen LogP contribution in [0.1, 0.15) is 24.8 Å². The minimum atomic E-state index is 0.251. The molecule has 4 nitrogen and oxygen atoms in total. The molecular weight excluding hydrogens is 228 g/mol. The van der Waals surface area contributed by atoms with Gasteiger partial charge in [0.2, 0.25) is 0 Å². The van der Waals surface area contributed by atoms with Crippen molar-refractivity contribution in [2.45, 2.75) is 31.8 Å². The number of aromatic hydroxyl groups is 1. The lowest BCUT2D eigenvalue weighted by Crippen LogP contribution is -2.43. The Morgan fingerprint density at radius 3 is 3.00 bits per heavy atom. The lowest BCUT2D eigenvalue weighted by Gasteiger charge is -2.35. The first-order chi connectivity index (χ1) is 8.76. The van der Waals surface area contributed by atoms with Crippen molar-refractivity contribution < 1.29 is 9.84 Å². The van der Waals surface area contributed by atoms with E-state index in [4.69, 9.17) is 10.5 Å². The Labute approximate surface area is 108 Å². The Balaban J connectivity index is 2.12. The number of nitrogens with zero attached hydrogens (tertiary/aromatic N) is 1. The SMILES string of the molecule is COc1cccc(CN2CCCCC2CN)c1O. The minimum Gasteiger partial charge on any atom is -0.504 e. The van der Waals surface area contributed by atoms with Crippen LogP contribution in [0, 0.1) is 0 Å². The Kier molecular flexibility index (Phi) is 4.44. The van der Waals surface area contributed by atoms with Gasteiger partial charge in [-0.15, -0.1) is 0 Å². The average molecular weight is 250 g/mol. The number of hydrogen-bond acceptors (Lipinski definition) is 4. The summed E-state index contributed by atoms with van der Waals surface area (Å²) in [5.74, 6) is 0.787. The van der Waals surface area contributed by atoms with Gasteiger partial charge in [-0.2, -0.15) is 0 Å². The van der Waals surface area contributed by atoms with E-state index >= 15 is 0 Å². The third-order valence-corrected chi connectivity index (χ3v) is 3.70. The topological polar surface area (TPSA) is 58.7 Å². The van der Waals surface area contributed by atoms with Crippen LogP contribution in [-0.2, 0) is 6.54 Å². The van der Waals surface area contributed by atoms with Gasteiger partial charge in [-0.1, -0.05) is 18.6 Å². The summed E-state index contributed by atoms with van der Waals surface area (Å²) in [6, 6.07) is 6.06. The standard InChI is InChI=1S/C14H22N2O2/c1-18-13-7-4-5-11(14(13)17)10-16-8-3-2-6-12(16)9-15/h4-5,7,12,17H,2-3,6,8-10,15H2,1H3. The second-order valence-electron chi connectivity index (χ2n) is 4.82. The van der Waals surface area contributed by atoms with Gasteiger partial charge in [0.05, 0.1) is 7.11 Å². The van der Waals surface area contributed by atoms with E-state index in [2.05, 4.69) is 4.90 Å². The number of phenolic OH excluding ortho intramolecular Hbond substituents is 1. The van der Waals surface area contributed by atoms with E-state index in [-0.39, 0.29) is 5.75 Å². The molecule has 100 valence electrons. The molecule has 1 aromatic rings. The molecule has 2 rings (SSSR count). The molecular formula is C14H22N2O2. The molecule has 4 heteroatoms. The summed E-state index contributed by atoms with van der Waals surface area (Å²) in [6.45, 7) is 2.48. The smallest absolute Gasteiger partial charge is 0.162 e. The predicted octanol–water partition coefficient (Wildman–Crippen LogP) is 1.71. The van der Waals surface area contributed by atoms with Gasteiger partial charge in [0.15, 0.2) is 11.5 Å². The van der Waals surface area contributed by atoms with Crippen molar-refractivity contribution in [3.05, 3.63) is 23.8 Å². The van der Waals surface area contributed by atoms with Crippen LogP contribution >= 0.6 is 0 Å². The summed E-state index contributed by atoms with van der Waals surface area (Å²) in [5, 5.41) is 10.1. The highest BCUT2D eigenvalue weighted by atomic mass is 16.5. The van der Waals surface area contributed by atoms with Crippen LogP contribution in [0.2, 0.25) is 0 Å². The van der Waals surface area contributed by atoms with Gasteiger partial charge >= 0.3 is 0 Å². The van der Waals surface area contributed by atoms with Crippen LogP contribution in [0.5, 0.6) is 11.5 Å². The fraction of sp³-hybridized carbons (Fsp3) is 0.571. The Morgan fingerprint density at radius 1 is 1.44 bits per heavy atom. The summed E-state index contributed by atoms with van der Waals surface area (Å²) < 4.78 is 5.13. The van der Waals surface area contributed by atoms with Gasteiger partial charge in [0.1, 0.15) is 0 Å². The molecule has 0 spiro atoms. The highest BCUT2D eigenvalue weighted by molar-refractivity contribution is 5.45. The quantitative estimate of drug-likeness (QED) is 0.854. The molecule has 0 amide bonds. The molecule has 0 aromatic heterocycles. The molecule has 0 aliphatic carbocycles. The fourth-order valence-corrected chi connectivity index (χ4v) is 2.61. The monoisotopic (exact) mass is 250 g/mol. The molecule has 1 saturated heterocycles. The highest BCUT2D eigenvalue weighted by Crippen LogP contribution is 2.31. The molecule has 0 saturated carbocycles. The predicted molar refractivity (Wildman–Crippen MR) is 71.8 cm³/mol. The molecule has 1 unspecified atom stereocenters. The Bertz CT molecular complexity index is 395. The number of nitrogens with two attached hydrogens (primary N) is 1. The second kappa shape index (κ2) is 6.07. The van der Waals surface area contributed by atoms with Crippen molar-refractivity contribution in [3.8, 4) is 11.5 Å². The van der Waals surface area contributed by atoms with Gasteiger partial charge in [-0.25, -0.2) is 0 Å². The molecule has 3 N–H and O–H groups in total. The van der Waals surface area contributed by atoms with Gasteiger partial charge in [0, 0.05) is 24.7 Å². The fourth-order valence-electron chi connectivity index (χ4n) is 2.61. The first kappa shape index (κ1) is 13.2. The lowest BCUT2D eigenvalue weighted by atomic mass is 10.0. The van der Waals surface area contributed by atoms with Crippen LogP contribution < -0.4 is 10.5 Å². The van der Waals surface area contributed by atoms with Crippen LogP contribution in [0.15, 0.2) is 18.2 Å². The lowest BCUT2D eigenvalue weighted by molar-refractivity contribution is 0.143.